The normalized spacial score (nSPS) is 19.1. The number of nitrogens with zero attached hydrogens (tertiary/aromatic N) is 3. The maximum atomic E-state index is 13.6. The average Bonchev–Trinajstić information content (AvgIpc) is 3.33. The predicted octanol–water partition coefficient (Wildman–Crippen LogP) is 4.65. The standard InChI is InChI=1S/C24H20F4N4O3/c25-19(26)20-29-16-3-1-2-4-17(16)32(20)15-7-5-14(6-8-15)18(33)13-31-21(34)23(30-22(31)35)9-11-24(27,28)12-10-23/h1-8,19H,9-13H2,(H,30,35). The molecule has 3 amide bonds. The maximum absolute atomic E-state index is 13.6. The molecule has 0 bridgehead atoms. The third-order valence-corrected chi connectivity index (χ3v) is 6.61. The number of hydrogen-bond donors (Lipinski definition) is 1. The molecular formula is C24H20F4N4O3. The molecule has 7 nitrogen and oxygen atoms in total. The molecule has 2 aliphatic rings. The van der Waals surface area contributed by atoms with Crippen LogP contribution >= 0.6 is 0 Å². The van der Waals surface area contributed by atoms with Crippen molar-refractivity contribution in [3.63, 3.8) is 0 Å². The monoisotopic (exact) mass is 488 g/mol. The van der Waals surface area contributed by atoms with E-state index in [-0.39, 0.29) is 18.4 Å². The predicted molar refractivity (Wildman–Crippen MR) is 117 cm³/mol. The number of Topliss-reactive ketones (excluding diaryl/α,β-unsaturated/α-hetero) is 1. The summed E-state index contributed by atoms with van der Waals surface area (Å²) in [4.78, 5) is 42.8. The van der Waals surface area contributed by atoms with Crippen LogP contribution in [-0.2, 0) is 4.79 Å². The fraction of sp³-hybridized carbons (Fsp3) is 0.333. The number of imide groups is 1. The molecule has 1 N–H and O–H groups in total. The quantitative estimate of drug-likeness (QED) is 0.322. The molecule has 1 saturated heterocycles. The van der Waals surface area contributed by atoms with Crippen molar-refractivity contribution in [3.8, 4) is 5.69 Å². The highest BCUT2D eigenvalue weighted by Gasteiger charge is 2.55. The van der Waals surface area contributed by atoms with E-state index in [9.17, 15) is 31.9 Å². The van der Waals surface area contributed by atoms with Crippen molar-refractivity contribution in [2.45, 2.75) is 43.6 Å². The molecule has 1 spiro atoms. The van der Waals surface area contributed by atoms with E-state index in [0.717, 1.165) is 4.90 Å². The van der Waals surface area contributed by atoms with Crippen LogP contribution < -0.4 is 5.32 Å². The molecule has 2 fully saturated rings. The second kappa shape index (κ2) is 8.17. The number of halogens is 4. The summed E-state index contributed by atoms with van der Waals surface area (Å²) in [5.41, 5.74) is -0.00606. The highest BCUT2D eigenvalue weighted by molar-refractivity contribution is 6.11. The van der Waals surface area contributed by atoms with Gasteiger partial charge in [-0.25, -0.2) is 27.3 Å². The van der Waals surface area contributed by atoms with Gasteiger partial charge in [0.15, 0.2) is 11.6 Å². The van der Waals surface area contributed by atoms with Gasteiger partial charge in [0.2, 0.25) is 5.92 Å². The van der Waals surface area contributed by atoms with E-state index >= 15 is 0 Å². The second-order valence-corrected chi connectivity index (χ2v) is 8.82. The lowest BCUT2D eigenvalue weighted by atomic mass is 9.80. The number of benzene rings is 2. The lowest BCUT2D eigenvalue weighted by molar-refractivity contribution is -0.135. The molecule has 1 aromatic heterocycles. The molecule has 1 saturated carbocycles. The van der Waals surface area contributed by atoms with Crippen molar-refractivity contribution in [1.29, 1.82) is 0 Å². The smallest absolute Gasteiger partial charge is 0.323 e. The van der Waals surface area contributed by atoms with E-state index in [4.69, 9.17) is 0 Å². The summed E-state index contributed by atoms with van der Waals surface area (Å²) in [7, 11) is 0. The number of alkyl halides is 4. The minimum atomic E-state index is -2.88. The molecule has 35 heavy (non-hydrogen) atoms. The molecule has 3 aromatic rings. The Morgan fingerprint density at radius 1 is 1.00 bits per heavy atom. The van der Waals surface area contributed by atoms with Gasteiger partial charge in [0.1, 0.15) is 5.54 Å². The molecule has 0 radical (unpaired) electrons. The van der Waals surface area contributed by atoms with Crippen LogP contribution in [0.25, 0.3) is 16.7 Å². The van der Waals surface area contributed by atoms with Crippen LogP contribution in [0.15, 0.2) is 48.5 Å². The van der Waals surface area contributed by atoms with Crippen LogP contribution in [0.1, 0.15) is 48.3 Å². The first-order valence-corrected chi connectivity index (χ1v) is 11.0. The Hall–Kier alpha value is -3.76. The van der Waals surface area contributed by atoms with Crippen LogP contribution in [0.3, 0.4) is 0 Å². The zero-order valence-corrected chi connectivity index (χ0v) is 18.3. The maximum Gasteiger partial charge on any atom is 0.325 e. The Morgan fingerprint density at radius 2 is 1.66 bits per heavy atom. The number of para-hydroxylation sites is 2. The Labute approximate surface area is 196 Å². The van der Waals surface area contributed by atoms with Gasteiger partial charge in [-0.05, 0) is 49.2 Å². The number of imidazole rings is 1. The Balaban J connectivity index is 1.35. The second-order valence-electron chi connectivity index (χ2n) is 8.82. The van der Waals surface area contributed by atoms with E-state index < -0.39 is 60.8 Å². The van der Waals surface area contributed by atoms with Gasteiger partial charge in [0, 0.05) is 24.1 Å². The molecule has 0 unspecified atom stereocenters. The fourth-order valence-corrected chi connectivity index (χ4v) is 4.69. The molecule has 182 valence electrons. The summed E-state index contributed by atoms with van der Waals surface area (Å²) < 4.78 is 55.6. The summed E-state index contributed by atoms with van der Waals surface area (Å²) in [6.45, 7) is -0.557. The number of rotatable bonds is 5. The van der Waals surface area contributed by atoms with E-state index in [1.807, 2.05) is 0 Å². The van der Waals surface area contributed by atoms with E-state index in [2.05, 4.69) is 10.3 Å². The number of amides is 3. The van der Waals surface area contributed by atoms with Crippen molar-refractivity contribution < 1.29 is 31.9 Å². The van der Waals surface area contributed by atoms with E-state index in [0.29, 0.717) is 16.7 Å². The van der Waals surface area contributed by atoms with Gasteiger partial charge in [-0.2, -0.15) is 0 Å². The topological polar surface area (TPSA) is 84.3 Å². The van der Waals surface area contributed by atoms with Crippen LogP contribution in [0.2, 0.25) is 0 Å². The minimum absolute atomic E-state index is 0.161. The SMILES string of the molecule is O=C(CN1C(=O)NC2(CCC(F)(F)CC2)C1=O)c1ccc(-n2c(C(F)F)nc3ccccc32)cc1. The lowest BCUT2D eigenvalue weighted by Gasteiger charge is -2.34. The number of ketones is 1. The third kappa shape index (κ3) is 3.94. The van der Waals surface area contributed by atoms with Crippen LogP contribution in [-0.4, -0.2) is 50.2 Å². The zero-order valence-electron chi connectivity index (χ0n) is 18.3. The Bertz CT molecular complexity index is 1330. The Kier molecular flexibility index (Phi) is 5.37. The molecule has 0 atom stereocenters. The Morgan fingerprint density at radius 3 is 2.31 bits per heavy atom. The largest absolute Gasteiger partial charge is 0.325 e. The number of urea groups is 1. The highest BCUT2D eigenvalue weighted by Crippen LogP contribution is 2.41. The number of hydrogen-bond acceptors (Lipinski definition) is 4. The van der Waals surface area contributed by atoms with Crippen LogP contribution in [0, 0.1) is 0 Å². The number of carbonyl (C=O) groups is 3. The van der Waals surface area contributed by atoms with Gasteiger partial charge in [-0.1, -0.05) is 12.1 Å². The minimum Gasteiger partial charge on any atom is -0.323 e. The van der Waals surface area contributed by atoms with Crippen molar-refractivity contribution in [3.05, 3.63) is 59.9 Å². The van der Waals surface area contributed by atoms with Gasteiger partial charge in [-0.3, -0.25) is 19.1 Å². The van der Waals surface area contributed by atoms with E-state index in [1.165, 1.54) is 28.8 Å². The van der Waals surface area contributed by atoms with Crippen molar-refractivity contribution in [2.24, 2.45) is 0 Å². The van der Waals surface area contributed by atoms with Gasteiger partial charge in [0.25, 0.3) is 12.3 Å². The first-order valence-electron chi connectivity index (χ1n) is 11.0. The van der Waals surface area contributed by atoms with Gasteiger partial charge in [-0.15, -0.1) is 0 Å². The van der Waals surface area contributed by atoms with Gasteiger partial charge < -0.3 is 5.32 Å². The average molecular weight is 488 g/mol. The zero-order chi connectivity index (χ0) is 25.0. The lowest BCUT2D eigenvalue weighted by Crippen LogP contribution is -2.51. The fourth-order valence-electron chi connectivity index (χ4n) is 4.69. The van der Waals surface area contributed by atoms with E-state index in [1.54, 1.807) is 24.3 Å². The first kappa shape index (κ1) is 23.0. The van der Waals surface area contributed by atoms with Crippen molar-refractivity contribution in [2.75, 3.05) is 6.54 Å². The van der Waals surface area contributed by atoms with Crippen LogP contribution in [0.4, 0.5) is 22.4 Å². The number of aromatic nitrogens is 2. The summed E-state index contributed by atoms with van der Waals surface area (Å²) >= 11 is 0. The molecule has 2 heterocycles. The van der Waals surface area contributed by atoms with Gasteiger partial charge >= 0.3 is 6.03 Å². The summed E-state index contributed by atoms with van der Waals surface area (Å²) in [5, 5.41) is 2.50. The highest BCUT2D eigenvalue weighted by atomic mass is 19.3. The number of fused-ring (bicyclic) bond motifs is 1. The third-order valence-electron chi connectivity index (χ3n) is 6.61. The van der Waals surface area contributed by atoms with Crippen LogP contribution in [0.5, 0.6) is 0 Å². The summed E-state index contributed by atoms with van der Waals surface area (Å²) in [5.74, 6) is -4.56. The first-order chi connectivity index (χ1) is 16.6. The molecule has 1 aliphatic heterocycles. The van der Waals surface area contributed by atoms with Crippen molar-refractivity contribution >= 4 is 28.8 Å². The number of carbonyl (C=O) groups excluding carboxylic acids is 3. The van der Waals surface area contributed by atoms with Gasteiger partial charge in [0.05, 0.1) is 17.6 Å². The summed E-state index contributed by atoms with van der Waals surface area (Å²) in [6.07, 6.45) is -4.27. The molecular weight excluding hydrogens is 468 g/mol. The van der Waals surface area contributed by atoms with Crippen molar-refractivity contribution in [1.82, 2.24) is 19.8 Å². The summed E-state index contributed by atoms with van der Waals surface area (Å²) in [6, 6.07) is 11.6. The number of nitrogens with one attached hydrogen (secondary N) is 1. The molecule has 1 aliphatic carbocycles. The molecule has 11 heteroatoms. The molecule has 2 aromatic carbocycles. The molecule has 5 rings (SSSR count).